The highest BCUT2D eigenvalue weighted by Gasteiger charge is 2.35. The molecule has 4 aliphatic heterocycles. The topological polar surface area (TPSA) is 144 Å². The maximum absolute atomic E-state index is 12.6. The normalized spacial score (nSPS) is 21.1. The van der Waals surface area contributed by atoms with Gasteiger partial charge in [-0.1, -0.05) is 23.2 Å². The number of halogens is 7. The summed E-state index contributed by atoms with van der Waals surface area (Å²) < 4.78 is 72.3. The minimum Gasteiger partial charge on any atom is -0.467 e. The molecule has 11 nitrogen and oxygen atoms in total. The third kappa shape index (κ3) is 9.83. The van der Waals surface area contributed by atoms with Gasteiger partial charge in [-0.2, -0.15) is 23.1 Å². The summed E-state index contributed by atoms with van der Waals surface area (Å²) in [5.41, 5.74) is 11.6. The summed E-state index contributed by atoms with van der Waals surface area (Å²) in [5, 5.41) is 2.03. The summed E-state index contributed by atoms with van der Waals surface area (Å²) in [4.78, 5) is 29.7. The van der Waals surface area contributed by atoms with Crippen LogP contribution < -0.4 is 26.4 Å². The molecule has 0 saturated carbocycles. The number of hydrogen-bond donors (Lipinski definition) is 3. The van der Waals surface area contributed by atoms with Crippen molar-refractivity contribution in [1.82, 2.24) is 20.2 Å². The van der Waals surface area contributed by atoms with Gasteiger partial charge in [-0.25, -0.2) is 8.78 Å². The zero-order valence-electron chi connectivity index (χ0n) is 27.1. The summed E-state index contributed by atoms with van der Waals surface area (Å²) in [7, 11) is 3.05. The molecule has 2 saturated heterocycles. The van der Waals surface area contributed by atoms with Crippen LogP contribution in [-0.4, -0.2) is 92.2 Å². The molecule has 0 aliphatic carbocycles. The number of amides is 1. The van der Waals surface area contributed by atoms with Crippen molar-refractivity contribution in [2.45, 2.75) is 57.1 Å². The summed E-state index contributed by atoms with van der Waals surface area (Å²) in [6.07, 6.45) is -0.325. The molecule has 18 heteroatoms. The zero-order chi connectivity index (χ0) is 35.9. The highest BCUT2D eigenvalue weighted by atomic mass is 35.5. The first-order valence-electron chi connectivity index (χ1n) is 15.6. The average molecular weight is 738 g/mol. The quantitative estimate of drug-likeness (QED) is 0.233. The second-order valence-corrected chi connectivity index (χ2v) is 12.4. The lowest BCUT2D eigenvalue weighted by Crippen LogP contribution is -2.34. The molecule has 1 aromatic heterocycles. The number of nitrogens with zero attached hydrogens (tertiary/aromatic N) is 5. The number of carbonyl (C=O) groups excluding carboxylic acids is 1. The van der Waals surface area contributed by atoms with Gasteiger partial charge in [-0.05, 0) is 44.4 Å². The Hall–Kier alpha value is -3.47. The molecule has 6 rings (SSSR count). The monoisotopic (exact) mass is 736 g/mol. The number of nitrogen functional groups attached to an aromatic ring is 1. The number of alkyl halides is 4. The molecule has 0 radical (unpaired) electrons. The van der Waals surface area contributed by atoms with E-state index in [1.54, 1.807) is 7.11 Å². The number of carbonyl (C=O) groups is 1. The Balaban J connectivity index is 0.000000201. The molecule has 0 spiro atoms. The number of fused-ring (bicyclic) bond motifs is 2. The van der Waals surface area contributed by atoms with Crippen molar-refractivity contribution in [1.29, 1.82) is 0 Å². The Morgan fingerprint density at radius 2 is 1.96 bits per heavy atom. The van der Waals surface area contributed by atoms with E-state index in [9.17, 15) is 26.7 Å². The second-order valence-electron chi connectivity index (χ2n) is 11.6. The van der Waals surface area contributed by atoms with Gasteiger partial charge in [-0.15, -0.1) is 0 Å². The fourth-order valence-corrected chi connectivity index (χ4v) is 6.33. The average Bonchev–Trinajstić information content (AvgIpc) is 3.56. The first-order valence-corrected chi connectivity index (χ1v) is 16.4. The molecule has 2 fully saturated rings. The van der Waals surface area contributed by atoms with E-state index in [1.165, 1.54) is 19.9 Å². The van der Waals surface area contributed by atoms with Gasteiger partial charge in [0.25, 0.3) is 5.91 Å². The van der Waals surface area contributed by atoms with E-state index in [0.717, 1.165) is 49.1 Å². The number of aromatic nitrogens is 2. The summed E-state index contributed by atoms with van der Waals surface area (Å²) in [6, 6.07) is 1.94. The molecule has 5 N–H and O–H groups in total. The van der Waals surface area contributed by atoms with Crippen molar-refractivity contribution < 1.29 is 36.2 Å². The van der Waals surface area contributed by atoms with Gasteiger partial charge in [0, 0.05) is 44.7 Å². The van der Waals surface area contributed by atoms with E-state index in [2.05, 4.69) is 30.1 Å². The molecule has 0 bridgehead atoms. The Kier molecular flexibility index (Phi) is 13.3. The predicted octanol–water partition coefficient (Wildman–Crippen LogP) is 4.64. The third-order valence-electron chi connectivity index (χ3n) is 8.30. The van der Waals surface area contributed by atoms with Crippen LogP contribution in [0.1, 0.15) is 42.5 Å². The number of hydrogen-bond acceptors (Lipinski definition) is 10. The smallest absolute Gasteiger partial charge is 0.417 e. The summed E-state index contributed by atoms with van der Waals surface area (Å²) in [6.45, 7) is 4.62. The van der Waals surface area contributed by atoms with Crippen LogP contribution in [-0.2, 0) is 28.7 Å². The van der Waals surface area contributed by atoms with Crippen molar-refractivity contribution in [3.05, 3.63) is 50.5 Å². The van der Waals surface area contributed by atoms with Crippen LogP contribution in [0.2, 0.25) is 5.02 Å². The van der Waals surface area contributed by atoms with Gasteiger partial charge in [-0.3, -0.25) is 14.7 Å². The number of rotatable bonds is 4. The Bertz CT molecular complexity index is 1550. The van der Waals surface area contributed by atoms with Gasteiger partial charge in [0.05, 0.1) is 59.6 Å². The van der Waals surface area contributed by atoms with Gasteiger partial charge < -0.3 is 31.2 Å². The molecule has 1 aromatic carbocycles. The van der Waals surface area contributed by atoms with E-state index in [1.807, 2.05) is 0 Å². The number of anilines is 2. The first-order chi connectivity index (χ1) is 23.2. The molecule has 4 aliphatic rings. The largest absolute Gasteiger partial charge is 0.467 e. The van der Waals surface area contributed by atoms with Crippen molar-refractivity contribution in [3.8, 4) is 6.01 Å². The Morgan fingerprint density at radius 1 is 1.20 bits per heavy atom. The van der Waals surface area contributed by atoms with Gasteiger partial charge in [0.1, 0.15) is 23.5 Å². The number of benzene rings is 1. The van der Waals surface area contributed by atoms with Crippen LogP contribution in [0.3, 0.4) is 0 Å². The summed E-state index contributed by atoms with van der Waals surface area (Å²) in [5.74, 6) is -0.821. The number of methoxy groups -OCH3 is 1. The number of likely N-dealkylation sites (N-methyl/N-ethyl adjacent to an activating group) is 1. The van der Waals surface area contributed by atoms with Crippen LogP contribution in [0.15, 0.2) is 27.9 Å². The van der Waals surface area contributed by atoms with Crippen LogP contribution >= 0.6 is 23.2 Å². The number of aliphatic imine (C=N–C) groups is 1. The maximum Gasteiger partial charge on any atom is 0.417 e. The van der Waals surface area contributed by atoms with E-state index in [0.29, 0.717) is 57.0 Å². The fraction of sp³-hybridized carbons (Fsp3) is 0.548. The Labute approximate surface area is 290 Å². The van der Waals surface area contributed by atoms with Crippen LogP contribution in [0.25, 0.3) is 0 Å². The van der Waals surface area contributed by atoms with Gasteiger partial charge in [0.15, 0.2) is 0 Å². The Morgan fingerprint density at radius 3 is 2.63 bits per heavy atom. The van der Waals surface area contributed by atoms with Gasteiger partial charge in [0.2, 0.25) is 0 Å². The minimum absolute atomic E-state index is 0.0506. The fourth-order valence-electron chi connectivity index (χ4n) is 5.85. The lowest BCUT2D eigenvalue weighted by atomic mass is 10.1. The third-order valence-corrected chi connectivity index (χ3v) is 9.04. The van der Waals surface area contributed by atoms with Crippen molar-refractivity contribution in [2.24, 2.45) is 10.7 Å². The second kappa shape index (κ2) is 17.0. The number of ether oxygens (including phenoxy) is 2. The molecule has 2 aromatic rings. The molecule has 270 valence electrons. The maximum atomic E-state index is 12.6. The van der Waals surface area contributed by atoms with Crippen molar-refractivity contribution in [3.63, 3.8) is 0 Å². The molecule has 2 unspecified atom stereocenters. The highest BCUT2D eigenvalue weighted by molar-refractivity contribution is 6.45. The lowest BCUT2D eigenvalue weighted by molar-refractivity contribution is -0.137. The van der Waals surface area contributed by atoms with Crippen LogP contribution in [0.4, 0.5) is 33.5 Å². The van der Waals surface area contributed by atoms with Crippen LogP contribution in [0.5, 0.6) is 6.01 Å². The summed E-state index contributed by atoms with van der Waals surface area (Å²) >= 11 is 11.6. The SMILES string of the molecule is CNC(=O)/C(N)=C(\Cl)C1=NCCCN(c2nc(OC)nc3c2COCC3)C1.FC1CC2CCCN2C1.Nc1cc(Cl)c(C(F)(F)F)cc1F. The van der Waals surface area contributed by atoms with Crippen molar-refractivity contribution >= 4 is 46.3 Å². The predicted molar refractivity (Wildman–Crippen MR) is 177 cm³/mol. The lowest BCUT2D eigenvalue weighted by Gasteiger charge is -2.27. The van der Waals surface area contributed by atoms with E-state index in [4.69, 9.17) is 44.1 Å². The first kappa shape index (κ1) is 38.3. The molecular formula is C31H39Cl2F5N8O3. The molecule has 49 heavy (non-hydrogen) atoms. The molecule has 2 atom stereocenters. The van der Waals surface area contributed by atoms with E-state index < -0.39 is 40.3 Å². The van der Waals surface area contributed by atoms with E-state index in [-0.39, 0.29) is 16.8 Å². The van der Waals surface area contributed by atoms with E-state index >= 15 is 0 Å². The minimum atomic E-state index is -4.66. The van der Waals surface area contributed by atoms with Crippen molar-refractivity contribution in [2.75, 3.05) is 64.1 Å². The zero-order valence-corrected chi connectivity index (χ0v) is 28.6. The molecule has 5 heterocycles. The highest BCUT2D eigenvalue weighted by Crippen LogP contribution is 2.36. The molecular weight excluding hydrogens is 698 g/mol. The molecule has 1 amide bonds. The number of nitrogens with one attached hydrogen (secondary N) is 1. The van der Waals surface area contributed by atoms with Crippen LogP contribution in [0, 0.1) is 5.82 Å². The van der Waals surface area contributed by atoms with Gasteiger partial charge >= 0.3 is 12.2 Å². The standard InChI is InChI=1S/C17H23ClN6O3.C7H4ClF4N.C7H12FN/c1-20-16(25)14(19)13(18)12-8-24(6-3-5-21-12)15-10-9-27-7-4-11(10)22-17(23-15)26-2;8-4-2-6(13)5(9)1-3(4)7(10,11)12;8-6-4-7-2-1-3-9(7)5-6/h3-9,19H2,1-2H3,(H,20,25);1-2H,13H2;6-7H,1-5H2/b14-13+;;. The number of nitrogens with two attached hydrogens (primary N) is 2.